The summed E-state index contributed by atoms with van der Waals surface area (Å²) in [5, 5.41) is 19.0. The Morgan fingerprint density at radius 1 is 1.26 bits per heavy atom. The summed E-state index contributed by atoms with van der Waals surface area (Å²) in [6.07, 6.45) is -4.90. The van der Waals surface area contributed by atoms with Crippen molar-refractivity contribution in [2.75, 3.05) is 10.6 Å². The fourth-order valence-corrected chi connectivity index (χ4v) is 3.83. The highest BCUT2D eigenvalue weighted by molar-refractivity contribution is 6.36. The smallest absolute Gasteiger partial charge is 0.410 e. The summed E-state index contributed by atoms with van der Waals surface area (Å²) >= 11 is 6.31. The van der Waals surface area contributed by atoms with E-state index in [4.69, 9.17) is 11.6 Å². The van der Waals surface area contributed by atoms with Crippen molar-refractivity contribution >= 4 is 29.0 Å². The number of phenolic OH excluding ortho intramolecular Hbond substituents is 1. The average molecular weight is 451 g/mol. The van der Waals surface area contributed by atoms with Crippen molar-refractivity contribution in [3.8, 4) is 5.75 Å². The van der Waals surface area contributed by atoms with Gasteiger partial charge in [0.15, 0.2) is 11.7 Å². The number of fused-ring (bicyclic) bond motifs is 1. The third kappa shape index (κ3) is 4.05. The molecule has 1 amide bonds. The van der Waals surface area contributed by atoms with Crippen LogP contribution in [0.1, 0.15) is 40.1 Å². The number of aryl methyl sites for hydroxylation is 1. The number of amides is 1. The number of aromatic hydroxyl groups is 1. The van der Waals surface area contributed by atoms with E-state index in [1.807, 2.05) is 0 Å². The van der Waals surface area contributed by atoms with Crippen LogP contribution in [-0.2, 0) is 0 Å². The maximum atomic E-state index is 13.8. The molecule has 1 aliphatic rings. The van der Waals surface area contributed by atoms with Crippen LogP contribution in [0.5, 0.6) is 5.75 Å². The number of anilines is 2. The Morgan fingerprint density at radius 2 is 1.97 bits per heavy atom. The van der Waals surface area contributed by atoms with Gasteiger partial charge in [0, 0.05) is 6.42 Å². The standard InChI is InChI=1S/C21H18ClF3N4O2/c1-11-7-8-15(30)14(9-11)27-20(31)18-17(22)19-26-13(12-5-3-2-4-6-12)10-16(21(23,24)25)29(19)28-18/h2-9,13,16,26,30H,10H2,1H3,(H,27,31)/t13-,16-/m1/s1. The minimum Gasteiger partial charge on any atom is -0.506 e. The van der Waals surface area contributed by atoms with Crippen LogP contribution in [0.2, 0.25) is 5.02 Å². The van der Waals surface area contributed by atoms with Gasteiger partial charge in [-0.2, -0.15) is 18.3 Å². The lowest BCUT2D eigenvalue weighted by Gasteiger charge is -2.33. The Kier molecular flexibility index (Phi) is 5.30. The number of aromatic nitrogens is 2. The number of phenols is 1. The minimum atomic E-state index is -4.60. The van der Waals surface area contributed by atoms with Crippen molar-refractivity contribution in [1.82, 2.24) is 9.78 Å². The van der Waals surface area contributed by atoms with Gasteiger partial charge in [0.05, 0.1) is 11.7 Å². The molecule has 10 heteroatoms. The summed E-state index contributed by atoms with van der Waals surface area (Å²) in [6.45, 7) is 1.76. The molecule has 3 aromatic rings. The average Bonchev–Trinajstić information content (AvgIpc) is 3.06. The maximum absolute atomic E-state index is 13.8. The van der Waals surface area contributed by atoms with Gasteiger partial charge in [-0.1, -0.05) is 48.0 Å². The highest BCUT2D eigenvalue weighted by atomic mass is 35.5. The Morgan fingerprint density at radius 3 is 2.65 bits per heavy atom. The zero-order valence-corrected chi connectivity index (χ0v) is 17.0. The molecule has 0 unspecified atom stereocenters. The van der Waals surface area contributed by atoms with E-state index in [0.29, 0.717) is 10.2 Å². The first-order valence-electron chi connectivity index (χ1n) is 9.42. The molecule has 0 bridgehead atoms. The molecule has 0 aliphatic carbocycles. The van der Waals surface area contributed by atoms with E-state index >= 15 is 0 Å². The van der Waals surface area contributed by atoms with Crippen LogP contribution < -0.4 is 10.6 Å². The lowest BCUT2D eigenvalue weighted by Crippen LogP contribution is -2.35. The molecule has 31 heavy (non-hydrogen) atoms. The van der Waals surface area contributed by atoms with Crippen LogP contribution >= 0.6 is 11.6 Å². The molecule has 4 rings (SSSR count). The molecule has 1 aromatic heterocycles. The van der Waals surface area contributed by atoms with E-state index in [0.717, 1.165) is 5.56 Å². The maximum Gasteiger partial charge on any atom is 0.410 e. The summed E-state index contributed by atoms with van der Waals surface area (Å²) in [5.41, 5.74) is 1.17. The van der Waals surface area contributed by atoms with Gasteiger partial charge in [0.25, 0.3) is 5.91 Å². The molecule has 0 saturated carbocycles. The van der Waals surface area contributed by atoms with Gasteiger partial charge in [0.1, 0.15) is 16.6 Å². The van der Waals surface area contributed by atoms with Crippen molar-refractivity contribution in [3.63, 3.8) is 0 Å². The Bertz CT molecular complexity index is 1130. The van der Waals surface area contributed by atoms with Gasteiger partial charge < -0.3 is 15.7 Å². The van der Waals surface area contributed by atoms with E-state index in [1.165, 1.54) is 12.1 Å². The largest absolute Gasteiger partial charge is 0.506 e. The molecule has 162 valence electrons. The number of benzene rings is 2. The van der Waals surface area contributed by atoms with Crippen molar-refractivity contribution in [3.05, 3.63) is 70.4 Å². The molecular weight excluding hydrogens is 433 g/mol. The van der Waals surface area contributed by atoms with E-state index in [-0.39, 0.29) is 34.4 Å². The van der Waals surface area contributed by atoms with Gasteiger partial charge in [-0.15, -0.1) is 0 Å². The van der Waals surface area contributed by atoms with Gasteiger partial charge >= 0.3 is 6.18 Å². The number of halogens is 4. The fraction of sp³-hybridized carbons (Fsp3) is 0.238. The number of hydrogen-bond donors (Lipinski definition) is 3. The van der Waals surface area contributed by atoms with Crippen molar-refractivity contribution in [2.24, 2.45) is 0 Å². The first kappa shape index (κ1) is 21.0. The molecule has 0 saturated heterocycles. The van der Waals surface area contributed by atoms with Crippen LogP contribution in [0.25, 0.3) is 0 Å². The number of nitrogens with zero attached hydrogens (tertiary/aromatic N) is 2. The second kappa shape index (κ2) is 7.81. The predicted octanol–water partition coefficient (Wildman–Crippen LogP) is 5.46. The third-order valence-electron chi connectivity index (χ3n) is 5.11. The molecular formula is C21H18ClF3N4O2. The first-order chi connectivity index (χ1) is 14.6. The molecule has 3 N–H and O–H groups in total. The second-order valence-electron chi connectivity index (χ2n) is 7.33. The van der Waals surface area contributed by atoms with Crippen LogP contribution in [0.15, 0.2) is 48.5 Å². The van der Waals surface area contributed by atoms with Crippen LogP contribution in [0, 0.1) is 6.92 Å². The number of rotatable bonds is 3. The first-order valence-corrected chi connectivity index (χ1v) is 9.80. The van der Waals surface area contributed by atoms with Gasteiger partial charge in [-0.05, 0) is 30.2 Å². The Hall–Kier alpha value is -3.20. The summed E-state index contributed by atoms with van der Waals surface area (Å²) in [4.78, 5) is 12.7. The molecule has 6 nitrogen and oxygen atoms in total. The number of carbonyl (C=O) groups is 1. The SMILES string of the molecule is Cc1ccc(O)c(NC(=O)c2nn3c(c2Cl)N[C@@H](c2ccccc2)C[C@@H]3C(F)(F)F)c1. The van der Waals surface area contributed by atoms with Gasteiger partial charge in [-0.3, -0.25) is 4.79 Å². The van der Waals surface area contributed by atoms with E-state index in [2.05, 4.69) is 15.7 Å². The van der Waals surface area contributed by atoms with Gasteiger partial charge in [0.2, 0.25) is 0 Å². The number of carbonyl (C=O) groups excluding carboxylic acids is 1. The minimum absolute atomic E-state index is 0.0808. The summed E-state index contributed by atoms with van der Waals surface area (Å²) in [5.74, 6) is -1.09. The summed E-state index contributed by atoms with van der Waals surface area (Å²) in [6, 6.07) is 10.6. The van der Waals surface area contributed by atoms with Crippen LogP contribution in [-0.4, -0.2) is 27.0 Å². The summed E-state index contributed by atoms with van der Waals surface area (Å²) in [7, 11) is 0. The van der Waals surface area contributed by atoms with Crippen LogP contribution in [0.4, 0.5) is 24.7 Å². The molecule has 2 aromatic carbocycles. The Balaban J connectivity index is 1.71. The molecule has 0 radical (unpaired) electrons. The van der Waals surface area contributed by atoms with Crippen LogP contribution in [0.3, 0.4) is 0 Å². The highest BCUT2D eigenvalue weighted by Gasteiger charge is 2.47. The number of alkyl halides is 3. The Labute approximate surface area is 180 Å². The molecule has 2 heterocycles. The monoisotopic (exact) mass is 450 g/mol. The molecule has 0 fully saturated rings. The molecule has 1 aliphatic heterocycles. The third-order valence-corrected chi connectivity index (χ3v) is 5.47. The normalized spacial score (nSPS) is 18.2. The second-order valence-corrected chi connectivity index (χ2v) is 7.71. The summed E-state index contributed by atoms with van der Waals surface area (Å²) < 4.78 is 42.2. The van der Waals surface area contributed by atoms with Crippen molar-refractivity contribution < 1.29 is 23.1 Å². The predicted molar refractivity (Wildman–Crippen MR) is 111 cm³/mol. The molecule has 2 atom stereocenters. The number of hydrogen-bond acceptors (Lipinski definition) is 4. The number of nitrogens with one attached hydrogen (secondary N) is 2. The van der Waals surface area contributed by atoms with Gasteiger partial charge in [-0.25, -0.2) is 4.68 Å². The van der Waals surface area contributed by atoms with E-state index < -0.39 is 24.2 Å². The van der Waals surface area contributed by atoms with Crippen molar-refractivity contribution in [1.29, 1.82) is 0 Å². The fourth-order valence-electron chi connectivity index (χ4n) is 3.57. The van der Waals surface area contributed by atoms with E-state index in [1.54, 1.807) is 43.3 Å². The topological polar surface area (TPSA) is 79.2 Å². The highest BCUT2D eigenvalue weighted by Crippen LogP contribution is 2.46. The lowest BCUT2D eigenvalue weighted by molar-refractivity contribution is -0.173. The zero-order chi connectivity index (χ0) is 22.3. The zero-order valence-electron chi connectivity index (χ0n) is 16.2. The van der Waals surface area contributed by atoms with E-state index in [9.17, 15) is 23.1 Å². The lowest BCUT2D eigenvalue weighted by atomic mass is 9.97. The molecule has 0 spiro atoms. The van der Waals surface area contributed by atoms with Crippen molar-refractivity contribution in [2.45, 2.75) is 31.6 Å². The quantitative estimate of drug-likeness (QED) is 0.463.